The highest BCUT2D eigenvalue weighted by molar-refractivity contribution is 5.96. The largest absolute Gasteiger partial charge is 0.497 e. The second kappa shape index (κ2) is 9.04. The van der Waals surface area contributed by atoms with Gasteiger partial charge in [-0.05, 0) is 49.8 Å². The molecule has 31 heavy (non-hydrogen) atoms. The Morgan fingerprint density at radius 3 is 2.32 bits per heavy atom. The third kappa shape index (κ3) is 4.41. The maximum atomic E-state index is 13.1. The smallest absolute Gasteiger partial charge is 0.165 e. The first kappa shape index (κ1) is 21.3. The summed E-state index contributed by atoms with van der Waals surface area (Å²) in [5, 5.41) is 0. The molecule has 4 rings (SSSR count). The van der Waals surface area contributed by atoms with E-state index in [0.717, 1.165) is 33.6 Å². The lowest BCUT2D eigenvalue weighted by Crippen LogP contribution is -2.34. The zero-order valence-electron chi connectivity index (χ0n) is 18.5. The summed E-state index contributed by atoms with van der Waals surface area (Å²) in [7, 11) is 5.80. The van der Waals surface area contributed by atoms with Crippen molar-refractivity contribution in [1.29, 1.82) is 0 Å². The van der Waals surface area contributed by atoms with Gasteiger partial charge in [-0.25, -0.2) is 0 Å². The van der Waals surface area contributed by atoms with Gasteiger partial charge in [-0.1, -0.05) is 66.2 Å². The van der Waals surface area contributed by atoms with E-state index in [1.54, 1.807) is 7.11 Å². The third-order valence-corrected chi connectivity index (χ3v) is 5.99. The van der Waals surface area contributed by atoms with Crippen LogP contribution in [0.25, 0.3) is 0 Å². The molecular weight excluding hydrogens is 386 g/mol. The van der Waals surface area contributed by atoms with Gasteiger partial charge < -0.3 is 9.47 Å². The summed E-state index contributed by atoms with van der Waals surface area (Å²) >= 11 is 0. The van der Waals surface area contributed by atoms with E-state index in [4.69, 9.17) is 9.47 Å². The Labute approximate surface area is 184 Å². The molecular formula is C27H29NO3. The standard InChI is InChI=1S/C27H29NO3/c1-18-10-12-19(13-11-18)24(29)17-25-22-15-14-21(30-4)16-23(22)26(28(2)3)27(31-25)20-8-6-5-7-9-20/h5-16,25-27H,17H2,1-4H3/t25-,26+,27-/m1/s1. The Morgan fingerprint density at radius 2 is 1.68 bits per heavy atom. The van der Waals surface area contributed by atoms with E-state index >= 15 is 0 Å². The van der Waals surface area contributed by atoms with Crippen LogP contribution in [0.3, 0.4) is 0 Å². The summed E-state index contributed by atoms with van der Waals surface area (Å²) in [6.07, 6.45) is -0.214. The molecule has 160 valence electrons. The normalized spacial score (nSPS) is 20.4. The Bertz CT molecular complexity index is 1040. The fourth-order valence-electron chi connectivity index (χ4n) is 4.35. The fraction of sp³-hybridized carbons (Fsp3) is 0.296. The van der Waals surface area contributed by atoms with Gasteiger partial charge in [0.2, 0.25) is 0 Å². The lowest BCUT2D eigenvalue weighted by Gasteiger charge is -2.41. The Morgan fingerprint density at radius 1 is 0.968 bits per heavy atom. The minimum absolute atomic E-state index is 0.0122. The van der Waals surface area contributed by atoms with Crippen molar-refractivity contribution in [3.8, 4) is 5.75 Å². The number of likely N-dealkylation sites (N-methyl/N-ethyl adjacent to an activating group) is 1. The number of hydrogen-bond donors (Lipinski definition) is 0. The predicted molar refractivity (Wildman–Crippen MR) is 123 cm³/mol. The highest BCUT2D eigenvalue weighted by atomic mass is 16.5. The van der Waals surface area contributed by atoms with E-state index in [-0.39, 0.29) is 24.0 Å². The quantitative estimate of drug-likeness (QED) is 0.485. The summed E-state index contributed by atoms with van der Waals surface area (Å²) in [6.45, 7) is 2.02. The minimum atomic E-state index is -0.323. The van der Waals surface area contributed by atoms with Crippen LogP contribution in [0.5, 0.6) is 5.75 Å². The molecule has 1 aliphatic heterocycles. The molecule has 4 nitrogen and oxygen atoms in total. The average Bonchev–Trinajstić information content (AvgIpc) is 2.79. The number of fused-ring (bicyclic) bond motifs is 1. The number of ketones is 1. The maximum Gasteiger partial charge on any atom is 0.165 e. The number of benzene rings is 3. The molecule has 0 saturated heterocycles. The second-order valence-corrected chi connectivity index (χ2v) is 8.35. The summed E-state index contributed by atoms with van der Waals surface area (Å²) in [6, 6.07) is 24.1. The molecule has 3 aromatic carbocycles. The predicted octanol–water partition coefficient (Wildman–Crippen LogP) is 5.69. The topological polar surface area (TPSA) is 38.8 Å². The number of nitrogens with zero attached hydrogens (tertiary/aromatic N) is 1. The van der Waals surface area contributed by atoms with Crippen LogP contribution in [-0.2, 0) is 4.74 Å². The van der Waals surface area contributed by atoms with Crippen LogP contribution < -0.4 is 4.74 Å². The van der Waals surface area contributed by atoms with Gasteiger partial charge in [0.25, 0.3) is 0 Å². The van der Waals surface area contributed by atoms with E-state index in [1.165, 1.54) is 0 Å². The molecule has 0 fully saturated rings. The van der Waals surface area contributed by atoms with Crippen molar-refractivity contribution in [1.82, 2.24) is 4.90 Å². The van der Waals surface area contributed by atoms with Crippen LogP contribution in [0.15, 0.2) is 72.8 Å². The molecule has 0 aliphatic carbocycles. The number of Topliss-reactive ketones (excluding diaryl/α,β-unsaturated/α-hetero) is 1. The number of rotatable bonds is 6. The highest BCUT2D eigenvalue weighted by Gasteiger charge is 2.39. The van der Waals surface area contributed by atoms with Crippen molar-refractivity contribution >= 4 is 5.78 Å². The zero-order valence-corrected chi connectivity index (χ0v) is 18.5. The van der Waals surface area contributed by atoms with Crippen LogP contribution in [0.1, 0.15) is 57.3 Å². The SMILES string of the molecule is COc1ccc2c(c1)[C@H](N(C)C)[C@@H](c1ccccc1)O[C@@H]2CC(=O)c1ccc(C)cc1. The van der Waals surface area contributed by atoms with Crippen molar-refractivity contribution in [2.75, 3.05) is 21.2 Å². The third-order valence-electron chi connectivity index (χ3n) is 5.99. The molecule has 0 spiro atoms. The van der Waals surface area contributed by atoms with Gasteiger partial charge in [0.05, 0.1) is 19.3 Å². The number of carbonyl (C=O) groups excluding carboxylic acids is 1. The van der Waals surface area contributed by atoms with Gasteiger partial charge in [-0.3, -0.25) is 9.69 Å². The van der Waals surface area contributed by atoms with Crippen molar-refractivity contribution in [2.24, 2.45) is 0 Å². The van der Waals surface area contributed by atoms with E-state index in [0.29, 0.717) is 6.42 Å². The molecule has 0 aromatic heterocycles. The number of carbonyl (C=O) groups is 1. The van der Waals surface area contributed by atoms with E-state index < -0.39 is 0 Å². The fourth-order valence-corrected chi connectivity index (χ4v) is 4.35. The lowest BCUT2D eigenvalue weighted by molar-refractivity contribution is -0.0718. The molecule has 0 radical (unpaired) electrons. The first-order valence-electron chi connectivity index (χ1n) is 10.6. The number of aryl methyl sites for hydroxylation is 1. The average molecular weight is 416 g/mol. The van der Waals surface area contributed by atoms with Gasteiger partial charge in [-0.15, -0.1) is 0 Å². The second-order valence-electron chi connectivity index (χ2n) is 8.35. The van der Waals surface area contributed by atoms with Crippen molar-refractivity contribution in [3.63, 3.8) is 0 Å². The van der Waals surface area contributed by atoms with Crippen LogP contribution in [0, 0.1) is 6.92 Å². The summed E-state index contributed by atoms with van der Waals surface area (Å²) in [5.41, 5.74) is 5.15. The van der Waals surface area contributed by atoms with Crippen molar-refractivity contribution in [2.45, 2.75) is 31.6 Å². The highest BCUT2D eigenvalue weighted by Crippen LogP contribution is 2.48. The minimum Gasteiger partial charge on any atom is -0.497 e. The molecule has 0 amide bonds. The monoisotopic (exact) mass is 415 g/mol. The number of hydrogen-bond acceptors (Lipinski definition) is 4. The Kier molecular flexibility index (Phi) is 6.21. The Hall–Kier alpha value is -2.95. The van der Waals surface area contributed by atoms with Crippen molar-refractivity contribution < 1.29 is 14.3 Å². The van der Waals surface area contributed by atoms with Gasteiger partial charge in [0, 0.05) is 12.0 Å². The lowest BCUT2D eigenvalue weighted by atomic mass is 9.84. The van der Waals surface area contributed by atoms with Crippen molar-refractivity contribution in [3.05, 3.63) is 101 Å². The van der Waals surface area contributed by atoms with E-state index in [2.05, 4.69) is 37.2 Å². The van der Waals surface area contributed by atoms with Gasteiger partial charge in [-0.2, -0.15) is 0 Å². The van der Waals surface area contributed by atoms with Gasteiger partial charge in [0.1, 0.15) is 11.9 Å². The van der Waals surface area contributed by atoms with Crippen LogP contribution in [0.2, 0.25) is 0 Å². The zero-order chi connectivity index (χ0) is 22.0. The molecule has 3 aromatic rings. The molecule has 1 aliphatic rings. The van der Waals surface area contributed by atoms with Crippen LogP contribution in [0.4, 0.5) is 0 Å². The van der Waals surface area contributed by atoms with Gasteiger partial charge in [0.15, 0.2) is 5.78 Å². The Balaban J connectivity index is 1.75. The number of ether oxygens (including phenoxy) is 2. The molecule has 4 heteroatoms. The number of methoxy groups -OCH3 is 1. The molecule has 0 saturated carbocycles. The summed E-state index contributed by atoms with van der Waals surface area (Å²) in [4.78, 5) is 15.3. The summed E-state index contributed by atoms with van der Waals surface area (Å²) in [5.74, 6) is 0.893. The molecule has 0 N–H and O–H groups in total. The van der Waals surface area contributed by atoms with Crippen LogP contribution in [-0.4, -0.2) is 31.9 Å². The van der Waals surface area contributed by atoms with Gasteiger partial charge >= 0.3 is 0 Å². The molecule has 0 bridgehead atoms. The first-order chi connectivity index (χ1) is 15.0. The maximum absolute atomic E-state index is 13.1. The molecule has 1 heterocycles. The first-order valence-corrected chi connectivity index (χ1v) is 10.6. The van der Waals surface area contributed by atoms with E-state index in [9.17, 15) is 4.79 Å². The molecule has 0 unspecified atom stereocenters. The van der Waals surface area contributed by atoms with Crippen LogP contribution >= 0.6 is 0 Å². The molecule has 3 atom stereocenters. The van der Waals surface area contributed by atoms with E-state index in [1.807, 2.05) is 61.5 Å². The summed E-state index contributed by atoms with van der Waals surface area (Å²) < 4.78 is 12.2.